The van der Waals surface area contributed by atoms with Gasteiger partial charge >= 0.3 is 5.97 Å². The zero-order valence-electron chi connectivity index (χ0n) is 26.4. The predicted molar refractivity (Wildman–Crippen MR) is 174 cm³/mol. The maximum Gasteiger partial charge on any atom is 0.306 e. The molecule has 0 N–H and O–H groups in total. The quantitative estimate of drug-likeness (QED) is 0.0596. The molecule has 0 heterocycles. The van der Waals surface area contributed by atoms with E-state index in [1.54, 1.807) is 0 Å². The van der Waals surface area contributed by atoms with Gasteiger partial charge in [-0.1, -0.05) is 181 Å². The van der Waals surface area contributed by atoms with Crippen molar-refractivity contribution in [3.8, 4) is 0 Å². The van der Waals surface area contributed by atoms with Crippen LogP contribution in [0.3, 0.4) is 0 Å². The van der Waals surface area contributed by atoms with Gasteiger partial charge in [-0.05, 0) is 18.6 Å². The summed E-state index contributed by atoms with van der Waals surface area (Å²) in [6.45, 7) is 5.20. The first-order chi connectivity index (χ1) is 18.8. The number of rotatable bonds is 33. The third-order valence-corrected chi connectivity index (χ3v) is 8.92. The van der Waals surface area contributed by atoms with Crippen LogP contribution in [0.2, 0.25) is 0 Å². The van der Waals surface area contributed by atoms with E-state index in [0.717, 1.165) is 12.2 Å². The van der Waals surface area contributed by atoms with Crippen molar-refractivity contribution in [3.63, 3.8) is 0 Å². The maximum atomic E-state index is 11.9. The number of carbonyl (C=O) groups is 1. The lowest BCUT2D eigenvalue weighted by molar-refractivity contribution is -0.143. The van der Waals surface area contributed by atoms with Gasteiger partial charge in [0.25, 0.3) is 0 Å². The Morgan fingerprint density at radius 3 is 1.11 bits per heavy atom. The van der Waals surface area contributed by atoms with E-state index in [2.05, 4.69) is 13.8 Å². The Kier molecular flexibility index (Phi) is 34.7. The molecule has 0 spiro atoms. The Labute approximate surface area is 245 Å². The number of esters is 1. The molecule has 0 unspecified atom stereocenters. The first kappa shape index (κ1) is 37.8. The molecule has 0 aliphatic carbocycles. The van der Waals surface area contributed by atoms with E-state index >= 15 is 0 Å². The van der Waals surface area contributed by atoms with Gasteiger partial charge in [-0.2, -0.15) is 11.8 Å². The lowest BCUT2D eigenvalue weighted by Crippen LogP contribution is -2.07. The van der Waals surface area contributed by atoms with Gasteiger partial charge in [0.1, 0.15) is 0 Å². The Hall–Kier alpha value is -0.180. The van der Waals surface area contributed by atoms with Gasteiger partial charge < -0.3 is 4.74 Å². The van der Waals surface area contributed by atoms with Crippen LogP contribution >= 0.6 is 11.8 Å². The average molecular weight is 555 g/mol. The molecule has 0 aromatic rings. The number of unbranched alkanes of at least 4 members (excludes halogenated alkanes) is 26. The van der Waals surface area contributed by atoms with Crippen LogP contribution in [0.25, 0.3) is 0 Å². The molecule has 0 fully saturated rings. The molecule has 0 saturated carbocycles. The smallest absolute Gasteiger partial charge is 0.306 e. The minimum Gasteiger partial charge on any atom is -0.466 e. The summed E-state index contributed by atoms with van der Waals surface area (Å²) in [7, 11) is 0. The second-order valence-electron chi connectivity index (χ2n) is 11.8. The van der Waals surface area contributed by atoms with E-state index in [1.807, 2.05) is 11.8 Å². The van der Waals surface area contributed by atoms with E-state index in [0.29, 0.717) is 13.0 Å². The zero-order valence-corrected chi connectivity index (χ0v) is 27.2. The van der Waals surface area contributed by atoms with Gasteiger partial charge in [0.15, 0.2) is 0 Å². The Balaban J connectivity index is 3.14. The molecule has 0 atom stereocenters. The molecule has 228 valence electrons. The first-order valence-electron chi connectivity index (χ1n) is 17.5. The zero-order chi connectivity index (χ0) is 27.6. The number of hydrogen-bond donors (Lipinski definition) is 0. The largest absolute Gasteiger partial charge is 0.466 e. The number of hydrogen-bond acceptors (Lipinski definition) is 3. The molecular formula is C35H70O2S. The van der Waals surface area contributed by atoms with Crippen molar-refractivity contribution in [1.29, 1.82) is 0 Å². The van der Waals surface area contributed by atoms with Crippen molar-refractivity contribution >= 4 is 17.7 Å². The number of carbonyl (C=O) groups excluding carboxylic acids is 1. The summed E-state index contributed by atoms with van der Waals surface area (Å²) in [5.74, 6) is 2.13. The summed E-state index contributed by atoms with van der Waals surface area (Å²) in [6.07, 6.45) is 39.4. The van der Waals surface area contributed by atoms with E-state index in [-0.39, 0.29) is 5.97 Å². The molecular weight excluding hydrogens is 484 g/mol. The molecule has 0 bridgehead atoms. The van der Waals surface area contributed by atoms with Gasteiger partial charge in [-0.15, -0.1) is 0 Å². The fourth-order valence-electron chi connectivity index (χ4n) is 5.21. The fraction of sp³-hybridized carbons (Fsp3) is 0.971. The second kappa shape index (κ2) is 34.8. The summed E-state index contributed by atoms with van der Waals surface area (Å²) in [5.41, 5.74) is 0. The molecule has 38 heavy (non-hydrogen) atoms. The third kappa shape index (κ3) is 33.8. The molecule has 3 heteroatoms. The van der Waals surface area contributed by atoms with Crippen LogP contribution in [0.15, 0.2) is 0 Å². The maximum absolute atomic E-state index is 11.9. The van der Waals surface area contributed by atoms with Crippen LogP contribution in [0.4, 0.5) is 0 Å². The summed E-state index contributed by atoms with van der Waals surface area (Å²) in [5, 5.41) is 0. The number of ether oxygens (including phenoxy) is 1. The van der Waals surface area contributed by atoms with E-state index in [1.165, 1.54) is 179 Å². The van der Waals surface area contributed by atoms with Crippen molar-refractivity contribution in [2.75, 3.05) is 18.1 Å². The van der Waals surface area contributed by atoms with E-state index < -0.39 is 0 Å². The molecule has 0 aromatic carbocycles. The first-order valence-corrected chi connectivity index (χ1v) is 18.7. The van der Waals surface area contributed by atoms with Crippen molar-refractivity contribution in [2.45, 2.75) is 200 Å². The summed E-state index contributed by atoms with van der Waals surface area (Å²) in [4.78, 5) is 11.9. The van der Waals surface area contributed by atoms with Crippen LogP contribution in [0.1, 0.15) is 200 Å². The Morgan fingerprint density at radius 1 is 0.421 bits per heavy atom. The summed E-state index contributed by atoms with van der Waals surface area (Å²) >= 11 is 1.93. The standard InChI is InChI=1S/C35H70O2S/c1-3-5-7-9-11-13-15-17-18-20-22-24-26-28-30-33-38-34-31-35(36)37-32-29-27-25-23-21-19-16-14-12-10-8-6-4-2/h3-34H2,1-2H3. The summed E-state index contributed by atoms with van der Waals surface area (Å²) in [6, 6.07) is 0. The highest BCUT2D eigenvalue weighted by Crippen LogP contribution is 2.15. The minimum absolute atomic E-state index is 0.00734. The highest BCUT2D eigenvalue weighted by atomic mass is 32.2. The van der Waals surface area contributed by atoms with Crippen molar-refractivity contribution < 1.29 is 9.53 Å². The van der Waals surface area contributed by atoms with Crippen LogP contribution in [0.5, 0.6) is 0 Å². The van der Waals surface area contributed by atoms with Crippen LogP contribution in [0, 0.1) is 0 Å². The molecule has 0 saturated heterocycles. The van der Waals surface area contributed by atoms with Crippen molar-refractivity contribution in [3.05, 3.63) is 0 Å². The molecule has 0 aliphatic heterocycles. The molecule has 0 amide bonds. The highest BCUT2D eigenvalue weighted by molar-refractivity contribution is 7.99. The van der Waals surface area contributed by atoms with Crippen molar-refractivity contribution in [2.24, 2.45) is 0 Å². The SMILES string of the molecule is CCCCCCCCCCCCCCCCCSCCC(=O)OCCCCCCCCCCCCCCC. The van der Waals surface area contributed by atoms with Crippen LogP contribution in [-0.4, -0.2) is 24.1 Å². The second-order valence-corrected chi connectivity index (χ2v) is 13.0. The van der Waals surface area contributed by atoms with Gasteiger partial charge in [-0.25, -0.2) is 0 Å². The van der Waals surface area contributed by atoms with Gasteiger partial charge in [0, 0.05) is 5.75 Å². The van der Waals surface area contributed by atoms with E-state index in [4.69, 9.17) is 4.74 Å². The highest BCUT2D eigenvalue weighted by Gasteiger charge is 2.03. The normalized spacial score (nSPS) is 11.3. The fourth-order valence-corrected chi connectivity index (χ4v) is 6.13. The monoisotopic (exact) mass is 555 g/mol. The van der Waals surface area contributed by atoms with Crippen molar-refractivity contribution in [1.82, 2.24) is 0 Å². The van der Waals surface area contributed by atoms with Crippen LogP contribution in [-0.2, 0) is 9.53 Å². The minimum atomic E-state index is 0.00734. The lowest BCUT2D eigenvalue weighted by atomic mass is 10.0. The average Bonchev–Trinajstić information content (AvgIpc) is 2.92. The number of thioether (sulfide) groups is 1. The molecule has 0 rings (SSSR count). The molecule has 0 aliphatic rings. The predicted octanol–water partition coefficient (Wildman–Crippen LogP) is 12.6. The summed E-state index contributed by atoms with van der Waals surface area (Å²) < 4.78 is 5.42. The molecule has 0 aromatic heterocycles. The molecule has 2 nitrogen and oxygen atoms in total. The lowest BCUT2D eigenvalue weighted by Gasteiger charge is -2.06. The Morgan fingerprint density at radius 2 is 0.737 bits per heavy atom. The Bertz CT molecular complexity index is 440. The molecule has 0 radical (unpaired) electrons. The van der Waals surface area contributed by atoms with E-state index in [9.17, 15) is 4.79 Å². The van der Waals surface area contributed by atoms with Gasteiger partial charge in [-0.3, -0.25) is 4.79 Å². The topological polar surface area (TPSA) is 26.3 Å². The van der Waals surface area contributed by atoms with Gasteiger partial charge in [0.05, 0.1) is 13.0 Å². The third-order valence-electron chi connectivity index (χ3n) is 7.85. The van der Waals surface area contributed by atoms with Crippen LogP contribution < -0.4 is 0 Å². The van der Waals surface area contributed by atoms with Gasteiger partial charge in [0.2, 0.25) is 0 Å².